The molecule has 8 heteroatoms. The van der Waals surface area contributed by atoms with Crippen LogP contribution in [0.3, 0.4) is 0 Å². The zero-order chi connectivity index (χ0) is 23.1. The Morgan fingerprint density at radius 2 is 1.91 bits per heavy atom. The van der Waals surface area contributed by atoms with Crippen LogP contribution in [-0.2, 0) is 13.1 Å². The van der Waals surface area contributed by atoms with Gasteiger partial charge in [-0.25, -0.2) is 0 Å². The summed E-state index contributed by atoms with van der Waals surface area (Å²) in [5, 5.41) is 11.6. The molecule has 0 bridgehead atoms. The first-order valence-electron chi connectivity index (χ1n) is 11.3. The third kappa shape index (κ3) is 6.63. The molecule has 2 atom stereocenters. The Morgan fingerprint density at radius 1 is 1.19 bits per heavy atom. The molecule has 1 fully saturated rings. The molecule has 2 unspecified atom stereocenters. The molecule has 0 radical (unpaired) electrons. The van der Waals surface area contributed by atoms with E-state index >= 15 is 0 Å². The Balaban J connectivity index is 1.46. The lowest BCUT2D eigenvalue weighted by atomic mass is 10.2. The Bertz CT molecular complexity index is 888. The Hall–Kier alpha value is -2.74. The molecule has 1 aromatic heterocycles. The van der Waals surface area contributed by atoms with Gasteiger partial charge in [-0.05, 0) is 49.9 Å². The molecule has 0 spiro atoms. The zero-order valence-electron chi connectivity index (χ0n) is 20.3. The molecule has 0 amide bonds. The van der Waals surface area contributed by atoms with Crippen molar-refractivity contribution in [1.82, 2.24) is 25.3 Å². The highest BCUT2D eigenvalue weighted by atomic mass is 16.5. The molecule has 2 aromatic rings. The molecule has 32 heavy (non-hydrogen) atoms. The minimum atomic E-state index is 0.375. The van der Waals surface area contributed by atoms with E-state index in [1.165, 1.54) is 11.3 Å². The molecule has 1 aliphatic rings. The van der Waals surface area contributed by atoms with E-state index in [9.17, 15) is 0 Å². The maximum absolute atomic E-state index is 5.40. The van der Waals surface area contributed by atoms with E-state index in [0.29, 0.717) is 12.0 Å². The SMILES string of the molecule is CN=C(NCC(C)Cn1nc(C)cc1C)NC1CCN(Cc2cc(OC)cc(OC)c2)C1. The number of nitrogens with zero attached hydrogens (tertiary/aromatic N) is 4. The van der Waals surface area contributed by atoms with E-state index in [2.05, 4.69) is 62.4 Å². The lowest BCUT2D eigenvalue weighted by Gasteiger charge is -2.21. The van der Waals surface area contributed by atoms with Crippen molar-refractivity contribution in [3.63, 3.8) is 0 Å². The van der Waals surface area contributed by atoms with Gasteiger partial charge in [0.1, 0.15) is 11.5 Å². The number of ether oxygens (including phenoxy) is 2. The number of hydrogen-bond acceptors (Lipinski definition) is 5. The van der Waals surface area contributed by atoms with E-state index in [1.54, 1.807) is 14.2 Å². The van der Waals surface area contributed by atoms with Crippen molar-refractivity contribution in [2.75, 3.05) is 40.9 Å². The number of aryl methyl sites for hydroxylation is 2. The molecule has 176 valence electrons. The van der Waals surface area contributed by atoms with Crippen LogP contribution in [0.5, 0.6) is 11.5 Å². The molecular formula is C24H38N6O2. The van der Waals surface area contributed by atoms with Crippen LogP contribution in [0.25, 0.3) is 0 Å². The van der Waals surface area contributed by atoms with Gasteiger partial charge >= 0.3 is 0 Å². The number of likely N-dealkylation sites (tertiary alicyclic amines) is 1. The summed E-state index contributed by atoms with van der Waals surface area (Å²) in [4.78, 5) is 6.88. The Morgan fingerprint density at radius 3 is 2.50 bits per heavy atom. The lowest BCUT2D eigenvalue weighted by Crippen LogP contribution is -2.46. The number of nitrogens with one attached hydrogen (secondary N) is 2. The van der Waals surface area contributed by atoms with Gasteiger partial charge in [0.05, 0.1) is 19.9 Å². The van der Waals surface area contributed by atoms with E-state index in [-0.39, 0.29) is 0 Å². The number of aliphatic imine (C=N–C) groups is 1. The van der Waals surface area contributed by atoms with Gasteiger partial charge in [0.25, 0.3) is 0 Å². The van der Waals surface area contributed by atoms with Gasteiger partial charge < -0.3 is 20.1 Å². The van der Waals surface area contributed by atoms with Crippen LogP contribution in [0.15, 0.2) is 29.3 Å². The molecule has 3 rings (SSSR count). The van der Waals surface area contributed by atoms with Gasteiger partial charge in [-0.3, -0.25) is 14.6 Å². The van der Waals surface area contributed by atoms with Crippen LogP contribution < -0.4 is 20.1 Å². The minimum Gasteiger partial charge on any atom is -0.497 e. The van der Waals surface area contributed by atoms with Gasteiger partial charge in [0.2, 0.25) is 0 Å². The molecule has 1 aromatic carbocycles. The molecule has 2 N–H and O–H groups in total. The van der Waals surface area contributed by atoms with Gasteiger partial charge in [-0.15, -0.1) is 0 Å². The molecule has 0 saturated carbocycles. The number of benzene rings is 1. The number of methoxy groups -OCH3 is 2. The van der Waals surface area contributed by atoms with Crippen LogP contribution in [-0.4, -0.2) is 67.6 Å². The van der Waals surface area contributed by atoms with Gasteiger partial charge in [-0.2, -0.15) is 5.10 Å². The number of aromatic nitrogens is 2. The van der Waals surface area contributed by atoms with Gasteiger partial charge in [0.15, 0.2) is 5.96 Å². The van der Waals surface area contributed by atoms with E-state index < -0.39 is 0 Å². The van der Waals surface area contributed by atoms with Crippen molar-refractivity contribution >= 4 is 5.96 Å². The molecular weight excluding hydrogens is 404 g/mol. The first-order chi connectivity index (χ1) is 15.4. The average molecular weight is 443 g/mol. The highest BCUT2D eigenvalue weighted by Crippen LogP contribution is 2.24. The second kappa shape index (κ2) is 11.2. The summed E-state index contributed by atoms with van der Waals surface area (Å²) in [5.41, 5.74) is 3.47. The average Bonchev–Trinajstić information content (AvgIpc) is 3.35. The normalized spacial score (nSPS) is 17.9. The molecule has 1 saturated heterocycles. The first-order valence-corrected chi connectivity index (χ1v) is 11.3. The van der Waals surface area contributed by atoms with Crippen molar-refractivity contribution < 1.29 is 9.47 Å². The second-order valence-electron chi connectivity index (χ2n) is 8.75. The van der Waals surface area contributed by atoms with Crippen LogP contribution >= 0.6 is 0 Å². The maximum Gasteiger partial charge on any atom is 0.191 e. The smallest absolute Gasteiger partial charge is 0.191 e. The quantitative estimate of drug-likeness (QED) is 0.459. The monoisotopic (exact) mass is 442 g/mol. The zero-order valence-corrected chi connectivity index (χ0v) is 20.3. The third-order valence-corrected chi connectivity index (χ3v) is 5.86. The third-order valence-electron chi connectivity index (χ3n) is 5.86. The van der Waals surface area contributed by atoms with Gasteiger partial charge in [-0.1, -0.05) is 6.92 Å². The second-order valence-corrected chi connectivity index (χ2v) is 8.75. The fourth-order valence-corrected chi connectivity index (χ4v) is 4.19. The number of hydrogen-bond donors (Lipinski definition) is 2. The van der Waals surface area contributed by atoms with Crippen molar-refractivity contribution in [1.29, 1.82) is 0 Å². The van der Waals surface area contributed by atoms with Crippen molar-refractivity contribution in [2.24, 2.45) is 10.9 Å². The van der Waals surface area contributed by atoms with Crippen LogP contribution in [0.4, 0.5) is 0 Å². The van der Waals surface area contributed by atoms with Crippen molar-refractivity contribution in [2.45, 2.75) is 46.3 Å². The van der Waals surface area contributed by atoms with Crippen LogP contribution in [0.1, 0.15) is 30.3 Å². The van der Waals surface area contributed by atoms with Crippen LogP contribution in [0.2, 0.25) is 0 Å². The molecule has 2 heterocycles. The summed E-state index contributed by atoms with van der Waals surface area (Å²) in [6.07, 6.45) is 1.09. The summed E-state index contributed by atoms with van der Waals surface area (Å²) in [7, 11) is 5.20. The number of rotatable bonds is 9. The Kier molecular flexibility index (Phi) is 8.39. The highest BCUT2D eigenvalue weighted by Gasteiger charge is 2.23. The topological polar surface area (TPSA) is 75.9 Å². The van der Waals surface area contributed by atoms with Crippen LogP contribution in [0, 0.1) is 19.8 Å². The minimum absolute atomic E-state index is 0.375. The first kappa shape index (κ1) is 23.9. The largest absolute Gasteiger partial charge is 0.497 e. The molecule has 0 aliphatic carbocycles. The standard InChI is InChI=1S/C24H38N6O2/c1-17(14-30-19(3)9-18(2)28-30)13-26-24(25-4)27-21-7-8-29(16-21)15-20-10-22(31-5)12-23(11-20)32-6/h9-12,17,21H,7-8,13-16H2,1-6H3,(H2,25,26,27). The predicted molar refractivity (Wildman–Crippen MR) is 129 cm³/mol. The number of guanidine groups is 1. The van der Waals surface area contributed by atoms with E-state index in [0.717, 1.165) is 62.3 Å². The highest BCUT2D eigenvalue weighted by molar-refractivity contribution is 5.80. The summed E-state index contributed by atoms with van der Waals surface area (Å²) in [6.45, 7) is 11.0. The fraction of sp³-hybridized carbons (Fsp3) is 0.583. The van der Waals surface area contributed by atoms with Crippen molar-refractivity contribution in [3.8, 4) is 11.5 Å². The summed E-state index contributed by atoms with van der Waals surface area (Å²) in [6, 6.07) is 8.55. The van der Waals surface area contributed by atoms with Gasteiger partial charge in [0, 0.05) is 57.6 Å². The van der Waals surface area contributed by atoms with E-state index in [1.807, 2.05) is 20.0 Å². The maximum atomic E-state index is 5.40. The summed E-state index contributed by atoms with van der Waals surface area (Å²) >= 11 is 0. The lowest BCUT2D eigenvalue weighted by molar-refractivity contribution is 0.321. The Labute approximate surface area is 192 Å². The molecule has 1 aliphatic heterocycles. The summed E-state index contributed by atoms with van der Waals surface area (Å²) in [5.74, 6) is 2.95. The fourth-order valence-electron chi connectivity index (χ4n) is 4.19. The van der Waals surface area contributed by atoms with Crippen molar-refractivity contribution in [3.05, 3.63) is 41.2 Å². The predicted octanol–water partition coefficient (Wildman–Crippen LogP) is 2.59. The van der Waals surface area contributed by atoms with E-state index in [4.69, 9.17) is 9.47 Å². The summed E-state index contributed by atoms with van der Waals surface area (Å²) < 4.78 is 12.9. The molecule has 8 nitrogen and oxygen atoms in total.